The Bertz CT molecular complexity index is 1210. The third kappa shape index (κ3) is 6.05. The largest absolute Gasteiger partial charge is 0.489 e. The Morgan fingerprint density at radius 1 is 0.971 bits per heavy atom. The van der Waals surface area contributed by atoms with Crippen molar-refractivity contribution in [1.29, 1.82) is 0 Å². The summed E-state index contributed by atoms with van der Waals surface area (Å²) in [4.78, 5) is 16.2. The third-order valence-corrected chi connectivity index (χ3v) is 7.07. The monoisotopic (exact) mass is 484 g/mol. The second-order valence-corrected chi connectivity index (χ2v) is 9.62. The van der Waals surface area contributed by atoms with Crippen LogP contribution in [0.1, 0.15) is 24.0 Å². The highest BCUT2D eigenvalue weighted by Gasteiger charge is 2.26. The van der Waals surface area contributed by atoms with Gasteiger partial charge in [-0.25, -0.2) is 0 Å². The summed E-state index contributed by atoms with van der Waals surface area (Å²) in [7, 11) is 0. The number of hydrogen-bond acceptors (Lipinski definition) is 6. The summed E-state index contributed by atoms with van der Waals surface area (Å²) < 4.78 is 5.85. The van der Waals surface area contributed by atoms with Gasteiger partial charge >= 0.3 is 0 Å². The minimum absolute atomic E-state index is 0.0593. The van der Waals surface area contributed by atoms with Crippen LogP contribution >= 0.6 is 11.3 Å². The molecule has 0 bridgehead atoms. The minimum Gasteiger partial charge on any atom is -0.489 e. The molecule has 1 aliphatic heterocycles. The molecule has 3 heterocycles. The standard InChI is InChI=1S/C28H28N4O2S/c33-28(29-18-21-10-12-24(13-11-21)34-20-22-6-2-1-3-7-22)23-8-4-16-32(19-23)27-15-14-25(30-31-27)26-9-5-17-35-26/h1-3,5-7,9-15,17,23H,4,8,16,18-20H2,(H,29,33). The number of benzene rings is 2. The van der Waals surface area contributed by atoms with Crippen molar-refractivity contribution in [3.05, 3.63) is 95.4 Å². The van der Waals surface area contributed by atoms with Gasteiger partial charge in [-0.2, -0.15) is 0 Å². The number of hydrogen-bond donors (Lipinski definition) is 1. The van der Waals surface area contributed by atoms with Crippen LogP contribution in [-0.2, 0) is 17.9 Å². The predicted molar refractivity (Wildman–Crippen MR) is 139 cm³/mol. The van der Waals surface area contributed by atoms with Gasteiger partial charge in [-0.3, -0.25) is 4.79 Å². The van der Waals surface area contributed by atoms with Crippen LogP contribution in [-0.4, -0.2) is 29.2 Å². The topological polar surface area (TPSA) is 67.3 Å². The van der Waals surface area contributed by atoms with Crippen LogP contribution in [0.25, 0.3) is 10.6 Å². The van der Waals surface area contributed by atoms with Crippen molar-refractivity contribution >= 4 is 23.1 Å². The molecule has 0 saturated carbocycles. The molecule has 2 aromatic heterocycles. The van der Waals surface area contributed by atoms with Crippen molar-refractivity contribution in [2.45, 2.75) is 26.0 Å². The van der Waals surface area contributed by atoms with Crippen LogP contribution in [0.15, 0.2) is 84.2 Å². The van der Waals surface area contributed by atoms with Crippen LogP contribution in [0.3, 0.4) is 0 Å². The lowest BCUT2D eigenvalue weighted by Crippen LogP contribution is -2.43. The molecule has 1 aliphatic rings. The van der Waals surface area contributed by atoms with Crippen molar-refractivity contribution in [3.63, 3.8) is 0 Å². The molecule has 0 radical (unpaired) electrons. The smallest absolute Gasteiger partial charge is 0.225 e. The summed E-state index contributed by atoms with van der Waals surface area (Å²) in [5, 5.41) is 14.0. The SMILES string of the molecule is O=C(NCc1ccc(OCc2ccccc2)cc1)C1CCCN(c2ccc(-c3cccs3)nn2)C1. The second kappa shape index (κ2) is 11.1. The molecule has 35 heavy (non-hydrogen) atoms. The lowest BCUT2D eigenvalue weighted by molar-refractivity contribution is -0.125. The molecule has 6 nitrogen and oxygen atoms in total. The van der Waals surface area contributed by atoms with Crippen molar-refractivity contribution in [3.8, 4) is 16.3 Å². The van der Waals surface area contributed by atoms with E-state index in [2.05, 4.69) is 20.4 Å². The molecule has 1 saturated heterocycles. The quantitative estimate of drug-likeness (QED) is 0.367. The van der Waals surface area contributed by atoms with Crippen LogP contribution in [0.2, 0.25) is 0 Å². The van der Waals surface area contributed by atoms with Gasteiger partial charge in [0.05, 0.1) is 10.8 Å². The number of thiophene rings is 1. The fourth-order valence-corrected chi connectivity index (χ4v) is 4.92. The van der Waals surface area contributed by atoms with Gasteiger partial charge in [0, 0.05) is 19.6 Å². The number of carbonyl (C=O) groups excluding carboxylic acids is 1. The van der Waals surface area contributed by atoms with Gasteiger partial charge in [-0.15, -0.1) is 21.5 Å². The van der Waals surface area contributed by atoms with Gasteiger partial charge in [0.25, 0.3) is 0 Å². The van der Waals surface area contributed by atoms with E-state index in [0.717, 1.165) is 52.7 Å². The number of rotatable bonds is 8. The van der Waals surface area contributed by atoms with Crippen molar-refractivity contribution in [2.75, 3.05) is 18.0 Å². The predicted octanol–water partition coefficient (Wildman–Crippen LogP) is 5.32. The fraction of sp³-hybridized carbons (Fsp3) is 0.250. The van der Waals surface area contributed by atoms with E-state index in [9.17, 15) is 4.79 Å². The lowest BCUT2D eigenvalue weighted by Gasteiger charge is -2.32. The number of nitrogens with one attached hydrogen (secondary N) is 1. The molecule has 1 fully saturated rings. The maximum absolute atomic E-state index is 12.9. The van der Waals surface area contributed by atoms with Crippen LogP contribution in [0, 0.1) is 5.92 Å². The Morgan fingerprint density at radius 3 is 2.57 bits per heavy atom. The highest BCUT2D eigenvalue weighted by atomic mass is 32.1. The number of carbonyl (C=O) groups is 1. The van der Waals surface area contributed by atoms with E-state index >= 15 is 0 Å². The molecule has 2 aromatic carbocycles. The van der Waals surface area contributed by atoms with E-state index in [1.807, 2.05) is 84.2 Å². The molecule has 5 rings (SSSR count). The van der Waals surface area contributed by atoms with Gasteiger partial charge < -0.3 is 15.0 Å². The number of amides is 1. The van der Waals surface area contributed by atoms with E-state index in [1.54, 1.807) is 11.3 Å². The molecule has 178 valence electrons. The Balaban J connectivity index is 1.11. The summed E-state index contributed by atoms with van der Waals surface area (Å²) in [6, 6.07) is 26.1. The summed E-state index contributed by atoms with van der Waals surface area (Å²) in [6.45, 7) is 2.59. The summed E-state index contributed by atoms with van der Waals surface area (Å²) in [5.41, 5.74) is 3.06. The highest BCUT2D eigenvalue weighted by molar-refractivity contribution is 7.13. The van der Waals surface area contributed by atoms with E-state index < -0.39 is 0 Å². The van der Waals surface area contributed by atoms with Crippen LogP contribution < -0.4 is 15.0 Å². The van der Waals surface area contributed by atoms with E-state index in [0.29, 0.717) is 19.7 Å². The summed E-state index contributed by atoms with van der Waals surface area (Å²) in [5.74, 6) is 1.67. The van der Waals surface area contributed by atoms with E-state index in [4.69, 9.17) is 4.74 Å². The zero-order chi connectivity index (χ0) is 23.9. The summed E-state index contributed by atoms with van der Waals surface area (Å²) >= 11 is 1.65. The Labute approximate surface area is 209 Å². The van der Waals surface area contributed by atoms with Gasteiger partial charge in [0.15, 0.2) is 5.82 Å². The molecule has 0 aliphatic carbocycles. The third-order valence-electron chi connectivity index (χ3n) is 6.18. The molecule has 0 spiro atoms. The van der Waals surface area contributed by atoms with Gasteiger partial charge in [-0.1, -0.05) is 48.5 Å². The lowest BCUT2D eigenvalue weighted by atomic mass is 9.97. The number of aromatic nitrogens is 2. The number of piperidine rings is 1. The van der Waals surface area contributed by atoms with E-state index in [-0.39, 0.29) is 11.8 Å². The fourth-order valence-electron chi connectivity index (χ4n) is 4.23. The molecule has 4 aromatic rings. The Hall–Kier alpha value is -3.71. The van der Waals surface area contributed by atoms with Crippen molar-refractivity contribution in [2.24, 2.45) is 5.92 Å². The maximum atomic E-state index is 12.9. The van der Waals surface area contributed by atoms with Gasteiger partial charge in [-0.05, 0) is 59.7 Å². The molecular formula is C28H28N4O2S. The first kappa shape index (κ1) is 23.1. The zero-order valence-corrected chi connectivity index (χ0v) is 20.3. The maximum Gasteiger partial charge on any atom is 0.225 e. The van der Waals surface area contributed by atoms with Crippen LogP contribution in [0.5, 0.6) is 5.75 Å². The average Bonchev–Trinajstić information content (AvgIpc) is 3.47. The number of nitrogens with zero attached hydrogens (tertiary/aromatic N) is 3. The first-order chi connectivity index (χ1) is 17.2. The van der Waals surface area contributed by atoms with Crippen molar-refractivity contribution < 1.29 is 9.53 Å². The Morgan fingerprint density at radius 2 is 1.83 bits per heavy atom. The summed E-state index contributed by atoms with van der Waals surface area (Å²) in [6.07, 6.45) is 1.84. The first-order valence-corrected chi connectivity index (χ1v) is 12.8. The average molecular weight is 485 g/mol. The second-order valence-electron chi connectivity index (χ2n) is 8.68. The molecule has 1 unspecified atom stereocenters. The normalized spacial score (nSPS) is 15.5. The molecular weight excluding hydrogens is 456 g/mol. The zero-order valence-electron chi connectivity index (χ0n) is 19.5. The van der Waals surface area contributed by atoms with E-state index in [1.165, 1.54) is 0 Å². The van der Waals surface area contributed by atoms with Gasteiger partial charge in [0.1, 0.15) is 18.1 Å². The molecule has 1 N–H and O–H groups in total. The van der Waals surface area contributed by atoms with Crippen LogP contribution in [0.4, 0.5) is 5.82 Å². The minimum atomic E-state index is -0.0593. The molecule has 1 amide bonds. The Kier molecular flexibility index (Phi) is 7.34. The number of ether oxygens (including phenoxy) is 1. The van der Waals surface area contributed by atoms with Gasteiger partial charge in [0.2, 0.25) is 5.91 Å². The highest BCUT2D eigenvalue weighted by Crippen LogP contribution is 2.25. The van der Waals surface area contributed by atoms with Crippen molar-refractivity contribution in [1.82, 2.24) is 15.5 Å². The first-order valence-electron chi connectivity index (χ1n) is 11.9. The number of anilines is 1. The molecule has 7 heteroatoms. The molecule has 1 atom stereocenters.